The molecule has 3 aromatic rings. The average Bonchev–Trinajstić information content (AvgIpc) is 3.27. The summed E-state index contributed by atoms with van der Waals surface area (Å²) in [6.07, 6.45) is 2.80. The van der Waals surface area contributed by atoms with Gasteiger partial charge in [-0.25, -0.2) is 9.37 Å². The van der Waals surface area contributed by atoms with Gasteiger partial charge in [0.15, 0.2) is 16.7 Å². The van der Waals surface area contributed by atoms with Crippen LogP contribution in [0.25, 0.3) is 17.0 Å². The lowest BCUT2D eigenvalue weighted by atomic mass is 9.63. The molecule has 0 spiro atoms. The minimum Gasteiger partial charge on any atom is -0.482 e. The zero-order chi connectivity index (χ0) is 34.9. The highest BCUT2D eigenvalue weighted by molar-refractivity contribution is 7.41. The molecule has 1 aliphatic heterocycles. The van der Waals surface area contributed by atoms with Gasteiger partial charge in [-0.05, 0) is 83.6 Å². The Morgan fingerprint density at radius 2 is 1.83 bits per heavy atom. The van der Waals surface area contributed by atoms with Crippen molar-refractivity contribution in [2.45, 2.75) is 84.5 Å². The lowest BCUT2D eigenvalue weighted by Gasteiger charge is -2.30. The van der Waals surface area contributed by atoms with Gasteiger partial charge in [0.05, 0.1) is 32.6 Å². The van der Waals surface area contributed by atoms with Gasteiger partial charge < -0.3 is 24.8 Å². The molecule has 0 aliphatic carbocycles. The number of pyridine rings is 1. The molecule has 2 bridgehead atoms. The van der Waals surface area contributed by atoms with E-state index in [1.807, 2.05) is 41.5 Å². The van der Waals surface area contributed by atoms with Crippen molar-refractivity contribution < 1.29 is 22.7 Å². The van der Waals surface area contributed by atoms with E-state index in [9.17, 15) is 4.39 Å². The molecule has 0 saturated carbocycles. The van der Waals surface area contributed by atoms with Crippen LogP contribution in [0.2, 0.25) is 5.15 Å². The van der Waals surface area contributed by atoms with Crippen LogP contribution >= 0.6 is 20.2 Å². The summed E-state index contributed by atoms with van der Waals surface area (Å²) >= 11 is 6.75. The molecule has 2 aromatic heterocycles. The number of ether oxygens (including phenoxy) is 1. The second-order valence-corrected chi connectivity index (χ2v) is 14.8. The summed E-state index contributed by atoms with van der Waals surface area (Å²) < 4.78 is 40.7. The SMILES string of the molecule is [B]C([B])(C)n1nc(Cl)c2c1-c1cnc(NCOP(OC(C)(C)C)OC(C)(C)C)c(c1)O[C@H](C)c1cc(F)ccc1/C(N)=C(/C=NC)C2. The number of rotatable bonds is 8. The fourth-order valence-electron chi connectivity index (χ4n) is 4.79. The summed E-state index contributed by atoms with van der Waals surface area (Å²) in [5, 5.41) is 6.41. The van der Waals surface area contributed by atoms with Crippen molar-refractivity contribution in [3.05, 3.63) is 63.7 Å². The number of allylic oxidation sites excluding steroid dienone is 1. The van der Waals surface area contributed by atoms with E-state index >= 15 is 0 Å². The van der Waals surface area contributed by atoms with Gasteiger partial charge in [0.1, 0.15) is 18.7 Å². The Labute approximate surface area is 285 Å². The average molecular weight is 681 g/mol. The van der Waals surface area contributed by atoms with E-state index in [1.165, 1.54) is 16.8 Å². The number of aliphatic imine (C=N–C) groups is 1. The van der Waals surface area contributed by atoms with Crippen LogP contribution < -0.4 is 15.8 Å². The number of fused-ring (bicyclic) bond motifs is 5. The molecule has 3 heterocycles. The van der Waals surface area contributed by atoms with Crippen LogP contribution in [-0.2, 0) is 25.3 Å². The highest BCUT2D eigenvalue weighted by Gasteiger charge is 2.30. The third-order valence-electron chi connectivity index (χ3n) is 6.67. The first-order chi connectivity index (χ1) is 21.8. The summed E-state index contributed by atoms with van der Waals surface area (Å²) in [7, 11) is 12.6. The third-order valence-corrected chi connectivity index (χ3v) is 8.70. The normalized spacial score (nSPS) is 17.6. The predicted molar refractivity (Wildman–Crippen MR) is 188 cm³/mol. The van der Waals surface area contributed by atoms with Crippen LogP contribution in [0.15, 0.2) is 41.0 Å². The van der Waals surface area contributed by atoms with Crippen molar-refractivity contribution in [3.8, 4) is 17.0 Å². The minimum absolute atomic E-state index is 0.0196. The quantitative estimate of drug-likeness (QED) is 0.113. The van der Waals surface area contributed by atoms with Crippen molar-refractivity contribution in [2.75, 3.05) is 19.1 Å². The van der Waals surface area contributed by atoms with Gasteiger partial charge in [-0.15, -0.1) is 0 Å². The topological polar surface area (TPSA) is 118 Å². The smallest absolute Gasteiger partial charge is 0.335 e. The van der Waals surface area contributed by atoms with Crippen LogP contribution in [0.5, 0.6) is 5.75 Å². The van der Waals surface area contributed by atoms with Crippen molar-refractivity contribution in [2.24, 2.45) is 10.7 Å². The van der Waals surface area contributed by atoms with E-state index in [0.29, 0.717) is 50.8 Å². The van der Waals surface area contributed by atoms with E-state index in [2.05, 4.69) is 15.4 Å². The first kappa shape index (κ1) is 36.9. The molecule has 3 N–H and O–H groups in total. The van der Waals surface area contributed by atoms with Gasteiger partial charge >= 0.3 is 8.60 Å². The number of hydrogen-bond acceptors (Lipinski definition) is 9. The number of nitrogens with zero attached hydrogens (tertiary/aromatic N) is 4. The van der Waals surface area contributed by atoms with Crippen LogP contribution in [0.4, 0.5) is 10.2 Å². The van der Waals surface area contributed by atoms with Crippen LogP contribution in [-0.4, -0.2) is 61.7 Å². The van der Waals surface area contributed by atoms with Gasteiger partial charge in [-0.3, -0.25) is 14.2 Å². The fourth-order valence-corrected chi connectivity index (χ4v) is 6.23. The Morgan fingerprint density at radius 3 is 2.43 bits per heavy atom. The first-order valence-electron chi connectivity index (χ1n) is 15.1. The molecule has 1 aliphatic rings. The maximum absolute atomic E-state index is 14.7. The third kappa shape index (κ3) is 9.36. The molecule has 4 radical (unpaired) electrons. The molecule has 248 valence electrons. The Balaban J connectivity index is 1.86. The Kier molecular flexibility index (Phi) is 11.2. The number of nitrogens with one attached hydrogen (secondary N) is 1. The zero-order valence-corrected chi connectivity index (χ0v) is 30.0. The second kappa shape index (κ2) is 14.3. The summed E-state index contributed by atoms with van der Waals surface area (Å²) in [6.45, 7) is 14.9. The molecule has 0 amide bonds. The molecular weight excluding hydrogens is 639 g/mol. The highest BCUT2D eigenvalue weighted by atomic mass is 35.5. The first-order valence-corrected chi connectivity index (χ1v) is 16.5. The molecule has 1 atom stereocenters. The summed E-state index contributed by atoms with van der Waals surface area (Å²) in [4.78, 5) is 8.92. The van der Waals surface area contributed by atoms with Crippen molar-refractivity contribution in [1.82, 2.24) is 14.8 Å². The molecule has 0 unspecified atom stereocenters. The Hall–Kier alpha value is -2.95. The lowest BCUT2D eigenvalue weighted by Crippen LogP contribution is -2.32. The molecule has 4 rings (SSSR count). The molecule has 15 heteroatoms. The van der Waals surface area contributed by atoms with Crippen molar-refractivity contribution in [1.29, 1.82) is 0 Å². The minimum atomic E-state index is -1.73. The van der Waals surface area contributed by atoms with E-state index in [1.54, 1.807) is 45.4 Å². The summed E-state index contributed by atoms with van der Waals surface area (Å²) in [5.41, 5.74) is 9.55. The predicted octanol–water partition coefficient (Wildman–Crippen LogP) is 7.01. The number of hydrogen-bond donors (Lipinski definition) is 2. The van der Waals surface area contributed by atoms with Gasteiger partial charge in [0, 0.05) is 53.8 Å². The van der Waals surface area contributed by atoms with E-state index in [0.717, 1.165) is 0 Å². The number of nitrogens with two attached hydrogens (primary N) is 1. The van der Waals surface area contributed by atoms with E-state index in [-0.39, 0.29) is 18.3 Å². The van der Waals surface area contributed by atoms with Gasteiger partial charge in [0.25, 0.3) is 0 Å². The molecule has 47 heavy (non-hydrogen) atoms. The Bertz CT molecular complexity index is 1650. The summed E-state index contributed by atoms with van der Waals surface area (Å²) in [5.74, 6) is 0.239. The Morgan fingerprint density at radius 1 is 1.17 bits per heavy atom. The molecule has 10 nitrogen and oxygen atoms in total. The monoisotopic (exact) mass is 680 g/mol. The molecule has 1 aromatic carbocycles. The number of aromatic nitrogens is 3. The van der Waals surface area contributed by atoms with Crippen molar-refractivity contribution >= 4 is 53.6 Å². The van der Waals surface area contributed by atoms with Gasteiger partial charge in [0.2, 0.25) is 0 Å². The molecule has 0 fully saturated rings. The van der Waals surface area contributed by atoms with Crippen LogP contribution in [0.3, 0.4) is 0 Å². The van der Waals surface area contributed by atoms with Crippen LogP contribution in [0, 0.1) is 5.82 Å². The van der Waals surface area contributed by atoms with Gasteiger partial charge in [-0.1, -0.05) is 18.5 Å². The zero-order valence-electron chi connectivity index (χ0n) is 28.3. The number of halogens is 2. The highest BCUT2D eigenvalue weighted by Crippen LogP contribution is 2.47. The standard InChI is InChI=1S/C32H41B2ClFN6O4P/c1-18-23-14-21(36)10-11-22(23)26(37)19(15-38-9)12-24-27(42(32(8,33)34)41-28(24)35)20-13-25(44-18)29(39-16-20)40-17-43-47(45-30(2,3)4)46-31(5,6)7/h10-11,13-16,18H,12,17,37H2,1-9H3,(H,39,40)/b26-19-,38-15?/t18-/m1/s1. The number of anilines is 1. The maximum Gasteiger partial charge on any atom is 0.335 e. The van der Waals surface area contributed by atoms with Crippen molar-refractivity contribution in [3.63, 3.8) is 0 Å². The number of benzene rings is 1. The van der Waals surface area contributed by atoms with Gasteiger partial charge in [-0.2, -0.15) is 5.10 Å². The van der Waals surface area contributed by atoms with E-state index in [4.69, 9.17) is 56.3 Å². The molecule has 0 saturated heterocycles. The lowest BCUT2D eigenvalue weighted by molar-refractivity contribution is 0.0350. The largest absolute Gasteiger partial charge is 0.482 e. The maximum atomic E-state index is 14.7. The molecular formula is C32H41B2ClFN6O4P. The second-order valence-electron chi connectivity index (χ2n) is 13.4. The van der Waals surface area contributed by atoms with Crippen LogP contribution in [0.1, 0.15) is 78.2 Å². The fraction of sp³-hybridized carbons (Fsp3) is 0.469. The summed E-state index contributed by atoms with van der Waals surface area (Å²) in [6, 6.07) is 6.14. The van der Waals surface area contributed by atoms with E-state index < -0.39 is 37.1 Å².